The minimum absolute atomic E-state index is 0.172. The first kappa shape index (κ1) is 17.5. The second-order valence-electron chi connectivity index (χ2n) is 6.32. The van der Waals surface area contributed by atoms with Gasteiger partial charge in [0.2, 0.25) is 0 Å². The lowest BCUT2D eigenvalue weighted by Gasteiger charge is -2.05. The summed E-state index contributed by atoms with van der Waals surface area (Å²) in [6.45, 7) is 0. The Morgan fingerprint density at radius 1 is 0.536 bits per heavy atom. The number of benzene rings is 4. The number of nitrogens with zero attached hydrogens (tertiary/aromatic N) is 2. The van der Waals surface area contributed by atoms with Gasteiger partial charge in [-0.05, 0) is 47.2 Å². The molecule has 4 heteroatoms. The zero-order chi connectivity index (χ0) is 19.3. The van der Waals surface area contributed by atoms with Crippen molar-refractivity contribution in [2.24, 2.45) is 9.98 Å². The van der Waals surface area contributed by atoms with Crippen LogP contribution in [0.4, 0.5) is 11.4 Å². The molecule has 0 atom stereocenters. The summed E-state index contributed by atoms with van der Waals surface area (Å²) >= 11 is 0. The highest BCUT2D eigenvalue weighted by Gasteiger charge is 2.04. The smallest absolute Gasteiger partial charge is 0.124 e. The number of fused-ring (bicyclic) bond motifs is 1. The summed E-state index contributed by atoms with van der Waals surface area (Å²) in [5.74, 6) is 0.345. The lowest BCUT2D eigenvalue weighted by Crippen LogP contribution is -1.83. The Labute approximate surface area is 162 Å². The average Bonchev–Trinajstić information content (AvgIpc) is 2.72. The first-order valence-corrected chi connectivity index (χ1v) is 8.87. The standard InChI is InChI=1S/C24H18N2O2/c27-23-11-5-3-9-19(23)15-25-21-13-17-7-1-2-8-18(17)14-22(21)26-16-20-10-4-6-12-24(20)28/h1-16,27-28H/b25-15+,26-16+. The number of phenolic OH excluding ortho intramolecular Hbond substituents is 2. The van der Waals surface area contributed by atoms with Crippen LogP contribution in [-0.4, -0.2) is 22.6 Å². The summed E-state index contributed by atoms with van der Waals surface area (Å²) < 4.78 is 0. The van der Waals surface area contributed by atoms with E-state index in [0.29, 0.717) is 22.5 Å². The van der Waals surface area contributed by atoms with E-state index in [2.05, 4.69) is 9.98 Å². The van der Waals surface area contributed by atoms with Gasteiger partial charge in [-0.3, -0.25) is 9.98 Å². The number of para-hydroxylation sites is 2. The number of hydrogen-bond donors (Lipinski definition) is 2. The molecule has 0 fully saturated rings. The second kappa shape index (κ2) is 7.76. The van der Waals surface area contributed by atoms with E-state index in [-0.39, 0.29) is 11.5 Å². The molecule has 0 saturated carbocycles. The van der Waals surface area contributed by atoms with E-state index in [4.69, 9.17) is 0 Å². The van der Waals surface area contributed by atoms with Gasteiger partial charge in [0, 0.05) is 23.6 Å². The van der Waals surface area contributed by atoms with Gasteiger partial charge in [0.05, 0.1) is 11.4 Å². The maximum Gasteiger partial charge on any atom is 0.124 e. The van der Waals surface area contributed by atoms with Gasteiger partial charge in [0.25, 0.3) is 0 Å². The normalized spacial score (nSPS) is 11.6. The molecule has 0 aromatic heterocycles. The van der Waals surface area contributed by atoms with Gasteiger partial charge in [-0.25, -0.2) is 0 Å². The Morgan fingerprint density at radius 2 is 0.929 bits per heavy atom. The molecule has 28 heavy (non-hydrogen) atoms. The largest absolute Gasteiger partial charge is 0.507 e. The van der Waals surface area contributed by atoms with Gasteiger partial charge in [-0.1, -0.05) is 48.5 Å². The van der Waals surface area contributed by atoms with E-state index in [1.807, 2.05) is 48.5 Å². The van der Waals surface area contributed by atoms with E-state index < -0.39 is 0 Å². The number of rotatable bonds is 4. The third-order valence-corrected chi connectivity index (χ3v) is 4.40. The van der Waals surface area contributed by atoms with Crippen molar-refractivity contribution in [1.82, 2.24) is 0 Å². The van der Waals surface area contributed by atoms with E-state index in [1.165, 1.54) is 0 Å². The highest BCUT2D eigenvalue weighted by Crippen LogP contribution is 2.33. The van der Waals surface area contributed by atoms with Crippen LogP contribution < -0.4 is 0 Å². The fourth-order valence-electron chi connectivity index (χ4n) is 2.89. The summed E-state index contributed by atoms with van der Waals surface area (Å²) in [5.41, 5.74) is 2.61. The molecule has 0 amide bonds. The average molecular weight is 366 g/mol. The summed E-state index contributed by atoms with van der Waals surface area (Å²) in [6, 6.07) is 26.0. The molecule has 136 valence electrons. The molecular weight excluding hydrogens is 348 g/mol. The number of aliphatic imine (C=N–C) groups is 2. The van der Waals surface area contributed by atoms with Crippen LogP contribution in [0.25, 0.3) is 10.8 Å². The first-order valence-electron chi connectivity index (χ1n) is 8.87. The Morgan fingerprint density at radius 3 is 1.36 bits per heavy atom. The Balaban J connectivity index is 1.79. The third-order valence-electron chi connectivity index (χ3n) is 4.40. The topological polar surface area (TPSA) is 65.2 Å². The van der Waals surface area contributed by atoms with Crippen LogP contribution in [-0.2, 0) is 0 Å². The molecule has 0 unspecified atom stereocenters. The molecule has 4 aromatic carbocycles. The van der Waals surface area contributed by atoms with Gasteiger partial charge in [0.1, 0.15) is 11.5 Å². The lowest BCUT2D eigenvalue weighted by atomic mass is 10.1. The van der Waals surface area contributed by atoms with Crippen molar-refractivity contribution in [3.63, 3.8) is 0 Å². The first-order chi connectivity index (χ1) is 13.7. The summed E-state index contributed by atoms with van der Waals surface area (Å²) in [7, 11) is 0. The summed E-state index contributed by atoms with van der Waals surface area (Å²) in [5, 5.41) is 22.0. The van der Waals surface area contributed by atoms with E-state index in [9.17, 15) is 10.2 Å². The molecule has 0 heterocycles. The second-order valence-corrected chi connectivity index (χ2v) is 6.32. The van der Waals surface area contributed by atoms with Crippen molar-refractivity contribution in [2.45, 2.75) is 0 Å². The zero-order valence-corrected chi connectivity index (χ0v) is 15.0. The number of phenols is 2. The SMILES string of the molecule is Oc1ccccc1/C=N/c1cc2ccccc2cc1/N=C/c1ccccc1O. The van der Waals surface area contributed by atoms with Crippen molar-refractivity contribution in [2.75, 3.05) is 0 Å². The van der Waals surface area contributed by atoms with Crippen molar-refractivity contribution >= 4 is 34.6 Å². The van der Waals surface area contributed by atoms with Gasteiger partial charge in [0.15, 0.2) is 0 Å². The van der Waals surface area contributed by atoms with Gasteiger partial charge < -0.3 is 10.2 Å². The quantitative estimate of drug-likeness (QED) is 0.452. The highest BCUT2D eigenvalue weighted by atomic mass is 16.3. The molecule has 4 nitrogen and oxygen atoms in total. The van der Waals surface area contributed by atoms with E-state index in [1.54, 1.807) is 48.8 Å². The van der Waals surface area contributed by atoms with E-state index >= 15 is 0 Å². The van der Waals surface area contributed by atoms with Crippen molar-refractivity contribution in [3.05, 3.63) is 96.1 Å². The van der Waals surface area contributed by atoms with Crippen LogP contribution in [0.1, 0.15) is 11.1 Å². The maximum absolute atomic E-state index is 9.96. The molecule has 0 aliphatic heterocycles. The predicted molar refractivity (Wildman–Crippen MR) is 115 cm³/mol. The Bertz CT molecular complexity index is 1100. The minimum atomic E-state index is 0.172. The third kappa shape index (κ3) is 3.76. The monoisotopic (exact) mass is 366 g/mol. The Kier molecular flexibility index (Phi) is 4.85. The van der Waals surface area contributed by atoms with Crippen LogP contribution in [0, 0.1) is 0 Å². The zero-order valence-electron chi connectivity index (χ0n) is 15.0. The molecular formula is C24H18N2O2. The van der Waals surface area contributed by atoms with Crippen molar-refractivity contribution in [1.29, 1.82) is 0 Å². The van der Waals surface area contributed by atoms with Gasteiger partial charge >= 0.3 is 0 Å². The van der Waals surface area contributed by atoms with Crippen molar-refractivity contribution in [3.8, 4) is 11.5 Å². The molecule has 0 saturated heterocycles. The van der Waals surface area contributed by atoms with E-state index in [0.717, 1.165) is 10.8 Å². The van der Waals surface area contributed by atoms with Crippen LogP contribution >= 0.6 is 0 Å². The molecule has 0 aliphatic rings. The maximum atomic E-state index is 9.96. The molecule has 4 rings (SSSR count). The minimum Gasteiger partial charge on any atom is -0.507 e. The fourth-order valence-corrected chi connectivity index (χ4v) is 2.89. The molecule has 0 aliphatic carbocycles. The van der Waals surface area contributed by atoms with Crippen LogP contribution in [0.3, 0.4) is 0 Å². The highest BCUT2D eigenvalue weighted by molar-refractivity contribution is 5.95. The molecule has 4 aromatic rings. The summed E-state index contributed by atoms with van der Waals surface area (Å²) in [6.07, 6.45) is 3.25. The van der Waals surface area contributed by atoms with Gasteiger partial charge in [-0.15, -0.1) is 0 Å². The molecule has 0 spiro atoms. The van der Waals surface area contributed by atoms with Crippen LogP contribution in [0.15, 0.2) is 94.9 Å². The van der Waals surface area contributed by atoms with Crippen LogP contribution in [0.5, 0.6) is 11.5 Å². The predicted octanol–water partition coefficient (Wildman–Crippen LogP) is 5.75. The number of aromatic hydroxyl groups is 2. The van der Waals surface area contributed by atoms with Crippen molar-refractivity contribution < 1.29 is 10.2 Å². The molecule has 0 bridgehead atoms. The number of hydrogen-bond acceptors (Lipinski definition) is 4. The Hall–Kier alpha value is -3.92. The molecule has 0 radical (unpaired) electrons. The summed E-state index contributed by atoms with van der Waals surface area (Å²) in [4.78, 5) is 9.12. The fraction of sp³-hybridized carbons (Fsp3) is 0. The van der Waals surface area contributed by atoms with Gasteiger partial charge in [-0.2, -0.15) is 0 Å². The lowest BCUT2D eigenvalue weighted by molar-refractivity contribution is 0.474. The molecule has 2 N–H and O–H groups in total. The van der Waals surface area contributed by atoms with Crippen LogP contribution in [0.2, 0.25) is 0 Å².